The number of nitrogens with zero attached hydrogens (tertiary/aromatic N) is 1. The van der Waals surface area contributed by atoms with Crippen molar-refractivity contribution in [1.82, 2.24) is 0 Å². The van der Waals surface area contributed by atoms with E-state index in [-0.39, 0.29) is 0 Å². The Morgan fingerprint density at radius 1 is 1.60 bits per heavy atom. The third-order valence-corrected chi connectivity index (χ3v) is 0.980. The molecule has 0 aliphatic rings. The Morgan fingerprint density at radius 3 is 3.00 bits per heavy atom. The molecule has 0 fully saturated rings. The van der Waals surface area contributed by atoms with Crippen LogP contribution >= 0.6 is 0 Å². The SMILES string of the molecule is CCCCC#CC=NOC. The molecule has 2 heteroatoms. The van der Waals surface area contributed by atoms with Crippen molar-refractivity contribution >= 4 is 6.21 Å². The third-order valence-electron chi connectivity index (χ3n) is 0.980. The van der Waals surface area contributed by atoms with Crippen LogP contribution in [0.15, 0.2) is 5.16 Å². The Kier molecular flexibility index (Phi) is 7.25. The van der Waals surface area contributed by atoms with Gasteiger partial charge in [-0.3, -0.25) is 0 Å². The van der Waals surface area contributed by atoms with Gasteiger partial charge >= 0.3 is 0 Å². The van der Waals surface area contributed by atoms with Crippen LogP contribution in [0, 0.1) is 11.8 Å². The van der Waals surface area contributed by atoms with Crippen LogP contribution in [0.5, 0.6) is 0 Å². The van der Waals surface area contributed by atoms with Crippen LogP contribution < -0.4 is 0 Å². The fraction of sp³-hybridized carbons (Fsp3) is 0.625. The fourth-order valence-electron chi connectivity index (χ4n) is 0.462. The highest BCUT2D eigenvalue weighted by atomic mass is 16.6. The van der Waals surface area contributed by atoms with Crippen molar-refractivity contribution in [2.75, 3.05) is 7.11 Å². The van der Waals surface area contributed by atoms with Gasteiger partial charge < -0.3 is 4.84 Å². The number of hydrogen-bond acceptors (Lipinski definition) is 2. The maximum atomic E-state index is 4.42. The fourth-order valence-corrected chi connectivity index (χ4v) is 0.462. The Balaban J connectivity index is 3.22. The van der Waals surface area contributed by atoms with Crippen LogP contribution in [-0.4, -0.2) is 13.3 Å². The van der Waals surface area contributed by atoms with Crippen LogP contribution in [0.1, 0.15) is 26.2 Å². The molecule has 0 spiro atoms. The van der Waals surface area contributed by atoms with Crippen LogP contribution in [0.2, 0.25) is 0 Å². The minimum Gasteiger partial charge on any atom is -0.399 e. The zero-order valence-corrected chi connectivity index (χ0v) is 6.55. The van der Waals surface area contributed by atoms with Gasteiger partial charge in [0, 0.05) is 6.42 Å². The maximum Gasteiger partial charge on any atom is 0.116 e. The van der Waals surface area contributed by atoms with Gasteiger partial charge in [0.15, 0.2) is 0 Å². The molecule has 0 aliphatic heterocycles. The first kappa shape index (κ1) is 9.03. The van der Waals surface area contributed by atoms with Gasteiger partial charge in [0.1, 0.15) is 13.3 Å². The number of oxime groups is 1. The first-order valence-corrected chi connectivity index (χ1v) is 3.45. The molecule has 0 aliphatic carbocycles. The Morgan fingerprint density at radius 2 is 2.40 bits per heavy atom. The summed E-state index contributed by atoms with van der Waals surface area (Å²) < 4.78 is 0. The van der Waals surface area contributed by atoms with E-state index in [9.17, 15) is 0 Å². The van der Waals surface area contributed by atoms with Gasteiger partial charge in [-0.1, -0.05) is 30.3 Å². The third kappa shape index (κ3) is 7.03. The molecule has 0 aromatic carbocycles. The van der Waals surface area contributed by atoms with Gasteiger partial charge in [0.2, 0.25) is 0 Å². The molecule has 0 bridgehead atoms. The molecule has 56 valence electrons. The van der Waals surface area contributed by atoms with Crippen LogP contribution in [0.25, 0.3) is 0 Å². The van der Waals surface area contributed by atoms with E-state index in [0.29, 0.717) is 0 Å². The molecule has 0 atom stereocenters. The maximum absolute atomic E-state index is 4.42. The summed E-state index contributed by atoms with van der Waals surface area (Å²) in [7, 11) is 1.50. The van der Waals surface area contributed by atoms with Gasteiger partial charge in [-0.2, -0.15) is 0 Å². The van der Waals surface area contributed by atoms with E-state index in [1.54, 1.807) is 0 Å². The molecule has 0 rings (SSSR count). The predicted octanol–water partition coefficient (Wildman–Crippen LogP) is 1.81. The summed E-state index contributed by atoms with van der Waals surface area (Å²) >= 11 is 0. The second-order valence-electron chi connectivity index (χ2n) is 1.84. The van der Waals surface area contributed by atoms with E-state index in [2.05, 4.69) is 28.8 Å². The second-order valence-corrected chi connectivity index (χ2v) is 1.84. The zero-order chi connectivity index (χ0) is 7.66. The monoisotopic (exact) mass is 139 g/mol. The van der Waals surface area contributed by atoms with Crippen molar-refractivity contribution in [1.29, 1.82) is 0 Å². The molecule has 0 amide bonds. The van der Waals surface area contributed by atoms with Crippen molar-refractivity contribution in [3.05, 3.63) is 0 Å². The van der Waals surface area contributed by atoms with Crippen molar-refractivity contribution in [2.24, 2.45) is 5.16 Å². The molecule has 0 radical (unpaired) electrons. The van der Waals surface area contributed by atoms with E-state index < -0.39 is 0 Å². The van der Waals surface area contributed by atoms with Crippen molar-refractivity contribution in [3.63, 3.8) is 0 Å². The van der Waals surface area contributed by atoms with Gasteiger partial charge in [-0.15, -0.1) is 0 Å². The summed E-state index contributed by atoms with van der Waals surface area (Å²) in [6.07, 6.45) is 4.77. The molecule has 0 saturated heterocycles. The normalized spacial score (nSPS) is 9.00. The highest BCUT2D eigenvalue weighted by Gasteiger charge is 1.74. The first-order valence-electron chi connectivity index (χ1n) is 3.45. The number of hydrogen-bond donors (Lipinski definition) is 0. The average molecular weight is 139 g/mol. The Hall–Kier alpha value is -0.970. The largest absolute Gasteiger partial charge is 0.399 e. The lowest BCUT2D eigenvalue weighted by Gasteiger charge is -1.81. The lowest BCUT2D eigenvalue weighted by molar-refractivity contribution is 0.216. The lowest BCUT2D eigenvalue weighted by atomic mass is 10.3. The van der Waals surface area contributed by atoms with Gasteiger partial charge in [-0.25, -0.2) is 0 Å². The minimum absolute atomic E-state index is 0.951. The standard InChI is InChI=1S/C8H13NO/c1-3-4-5-6-7-8-9-10-2/h8H,3-5H2,1-2H3. The van der Waals surface area contributed by atoms with Gasteiger partial charge in [0.05, 0.1) is 0 Å². The van der Waals surface area contributed by atoms with E-state index in [1.165, 1.54) is 19.7 Å². The van der Waals surface area contributed by atoms with Crippen molar-refractivity contribution in [2.45, 2.75) is 26.2 Å². The first-order chi connectivity index (χ1) is 4.91. The molecule has 0 N–H and O–H groups in total. The topological polar surface area (TPSA) is 21.6 Å². The molecule has 0 heterocycles. The minimum atomic E-state index is 0.951. The summed E-state index contributed by atoms with van der Waals surface area (Å²) in [5.74, 6) is 5.70. The molecule has 0 aromatic heterocycles. The number of rotatable bonds is 3. The van der Waals surface area contributed by atoms with Crippen LogP contribution in [0.3, 0.4) is 0 Å². The summed E-state index contributed by atoms with van der Waals surface area (Å²) in [6, 6.07) is 0. The summed E-state index contributed by atoms with van der Waals surface area (Å²) in [5, 5.41) is 3.47. The number of unbranched alkanes of at least 4 members (excludes halogenated alkanes) is 2. The lowest BCUT2D eigenvalue weighted by Crippen LogP contribution is -1.71. The van der Waals surface area contributed by atoms with Gasteiger partial charge in [-0.05, 0) is 6.42 Å². The van der Waals surface area contributed by atoms with E-state index in [0.717, 1.165) is 12.8 Å². The molecule has 0 unspecified atom stereocenters. The van der Waals surface area contributed by atoms with Crippen LogP contribution in [-0.2, 0) is 4.84 Å². The molecule has 2 nitrogen and oxygen atoms in total. The molecule has 0 saturated carbocycles. The summed E-state index contributed by atoms with van der Waals surface area (Å²) in [6.45, 7) is 2.14. The van der Waals surface area contributed by atoms with Gasteiger partial charge in [0.25, 0.3) is 0 Å². The summed E-state index contributed by atoms with van der Waals surface area (Å²) in [4.78, 5) is 4.42. The van der Waals surface area contributed by atoms with Crippen molar-refractivity contribution < 1.29 is 4.84 Å². The Bertz CT molecular complexity index is 141. The quantitative estimate of drug-likeness (QED) is 0.253. The van der Waals surface area contributed by atoms with E-state index in [1.807, 2.05) is 0 Å². The molecular weight excluding hydrogens is 126 g/mol. The smallest absolute Gasteiger partial charge is 0.116 e. The molecular formula is C8H13NO. The average Bonchev–Trinajstić information content (AvgIpc) is 1.97. The highest BCUT2D eigenvalue weighted by molar-refractivity contribution is 5.77. The Labute approximate surface area is 62.3 Å². The molecule has 0 aromatic rings. The second kappa shape index (κ2) is 8.03. The molecule has 10 heavy (non-hydrogen) atoms. The summed E-state index contributed by atoms with van der Waals surface area (Å²) in [5.41, 5.74) is 0. The van der Waals surface area contributed by atoms with Crippen molar-refractivity contribution in [3.8, 4) is 11.8 Å². The zero-order valence-electron chi connectivity index (χ0n) is 6.55. The van der Waals surface area contributed by atoms with E-state index in [4.69, 9.17) is 0 Å². The highest BCUT2D eigenvalue weighted by Crippen LogP contribution is 1.89. The predicted molar refractivity (Wildman–Crippen MR) is 42.8 cm³/mol. The van der Waals surface area contributed by atoms with E-state index >= 15 is 0 Å². The van der Waals surface area contributed by atoms with Crippen LogP contribution in [0.4, 0.5) is 0 Å².